The van der Waals surface area contributed by atoms with Crippen LogP contribution < -0.4 is 5.32 Å². The maximum Gasteiger partial charge on any atom is 0.220 e. The van der Waals surface area contributed by atoms with E-state index >= 15 is 0 Å². The second-order valence-electron chi connectivity index (χ2n) is 14.8. The van der Waals surface area contributed by atoms with E-state index in [1.165, 1.54) is 83.5 Å². The maximum atomic E-state index is 12.9. The highest BCUT2D eigenvalue weighted by Gasteiger charge is 2.44. The molecular formula is C44H79NO8. The molecular weight excluding hydrogens is 670 g/mol. The van der Waals surface area contributed by atoms with Gasteiger partial charge < -0.3 is 40.3 Å². The smallest absolute Gasteiger partial charge is 0.220 e. The van der Waals surface area contributed by atoms with Crippen LogP contribution in [0.3, 0.4) is 0 Å². The van der Waals surface area contributed by atoms with Crippen LogP contribution >= 0.6 is 0 Å². The van der Waals surface area contributed by atoms with Gasteiger partial charge >= 0.3 is 0 Å². The number of aliphatic hydroxyl groups excluding tert-OH is 5. The number of nitrogens with one attached hydrogen (secondary N) is 1. The van der Waals surface area contributed by atoms with Crippen molar-refractivity contribution in [1.82, 2.24) is 5.32 Å². The third-order valence-electron chi connectivity index (χ3n) is 9.90. The van der Waals surface area contributed by atoms with Gasteiger partial charge in [-0.15, -0.1) is 0 Å². The predicted molar refractivity (Wildman–Crippen MR) is 216 cm³/mol. The first kappa shape index (κ1) is 49.2. The summed E-state index contributed by atoms with van der Waals surface area (Å²) in [6.07, 6.45) is 35.7. The molecule has 1 fully saturated rings. The zero-order chi connectivity index (χ0) is 38.8. The highest BCUT2D eigenvalue weighted by Crippen LogP contribution is 2.22. The Hall–Kier alpha value is -1.85. The number of carbonyl (C=O) groups excluding carboxylic acids is 1. The van der Waals surface area contributed by atoms with Gasteiger partial charge in [0.15, 0.2) is 6.29 Å². The summed E-state index contributed by atoms with van der Waals surface area (Å²) in [7, 11) is 0. The normalized spacial score (nSPS) is 22.1. The van der Waals surface area contributed by atoms with Gasteiger partial charge in [0.25, 0.3) is 0 Å². The van der Waals surface area contributed by atoms with Crippen LogP contribution in [0.1, 0.15) is 168 Å². The molecule has 0 aliphatic carbocycles. The quantitative estimate of drug-likeness (QED) is 0.0219. The number of ether oxygens (including phenoxy) is 2. The first-order valence-corrected chi connectivity index (χ1v) is 21.4. The van der Waals surface area contributed by atoms with Crippen molar-refractivity contribution in [3.63, 3.8) is 0 Å². The Morgan fingerprint density at radius 2 is 1.13 bits per heavy atom. The molecule has 6 N–H and O–H groups in total. The largest absolute Gasteiger partial charge is 0.394 e. The lowest BCUT2D eigenvalue weighted by Crippen LogP contribution is -2.60. The van der Waals surface area contributed by atoms with E-state index in [2.05, 4.69) is 55.6 Å². The average Bonchev–Trinajstić information content (AvgIpc) is 3.16. The second-order valence-corrected chi connectivity index (χ2v) is 14.8. The van der Waals surface area contributed by atoms with Gasteiger partial charge in [-0.1, -0.05) is 152 Å². The molecule has 9 nitrogen and oxygen atoms in total. The molecule has 0 radical (unpaired) electrons. The van der Waals surface area contributed by atoms with Crippen LogP contribution in [0.2, 0.25) is 0 Å². The molecule has 1 amide bonds. The molecule has 1 saturated heterocycles. The van der Waals surface area contributed by atoms with E-state index in [1.807, 2.05) is 6.08 Å². The maximum absolute atomic E-state index is 12.9. The Morgan fingerprint density at radius 3 is 1.74 bits per heavy atom. The molecule has 0 aromatic heterocycles. The zero-order valence-corrected chi connectivity index (χ0v) is 33.5. The fourth-order valence-corrected chi connectivity index (χ4v) is 6.40. The minimum absolute atomic E-state index is 0.202. The minimum Gasteiger partial charge on any atom is -0.394 e. The van der Waals surface area contributed by atoms with Crippen LogP contribution in [0.4, 0.5) is 0 Å². The Labute approximate surface area is 323 Å². The van der Waals surface area contributed by atoms with E-state index in [1.54, 1.807) is 6.08 Å². The summed E-state index contributed by atoms with van der Waals surface area (Å²) in [6, 6.07) is -0.826. The third-order valence-corrected chi connectivity index (χ3v) is 9.90. The molecule has 0 aromatic carbocycles. The van der Waals surface area contributed by atoms with Gasteiger partial charge in [-0.3, -0.25) is 4.79 Å². The molecule has 9 heteroatoms. The Bertz CT molecular complexity index is 967. The van der Waals surface area contributed by atoms with Crippen molar-refractivity contribution in [3.8, 4) is 0 Å². The highest BCUT2D eigenvalue weighted by molar-refractivity contribution is 5.76. The van der Waals surface area contributed by atoms with Gasteiger partial charge in [0.1, 0.15) is 24.4 Å². The Kier molecular flexibility index (Phi) is 32.1. The topological polar surface area (TPSA) is 149 Å². The van der Waals surface area contributed by atoms with Gasteiger partial charge in [-0.2, -0.15) is 0 Å². The molecule has 308 valence electrons. The van der Waals surface area contributed by atoms with Crippen LogP contribution in [0, 0.1) is 0 Å². The summed E-state index contributed by atoms with van der Waals surface area (Å²) in [5.74, 6) is -0.202. The Morgan fingerprint density at radius 1 is 0.642 bits per heavy atom. The number of carbonyl (C=O) groups is 1. The second kappa shape index (κ2) is 34.6. The van der Waals surface area contributed by atoms with E-state index in [4.69, 9.17) is 9.47 Å². The SMILES string of the molecule is CCCCC/C=C\C=C/CCCCCCCCC(=O)NC(COC1OC(CO)C(O)C(O)C1O)C(O)/C=C/CC/C=C/CCCCCCCCCCC. The summed E-state index contributed by atoms with van der Waals surface area (Å²) in [6.45, 7) is 3.69. The molecule has 0 aromatic rings. The van der Waals surface area contributed by atoms with E-state index in [-0.39, 0.29) is 12.5 Å². The molecule has 53 heavy (non-hydrogen) atoms. The van der Waals surface area contributed by atoms with Crippen molar-refractivity contribution in [1.29, 1.82) is 0 Å². The summed E-state index contributed by atoms with van der Waals surface area (Å²) in [5, 5.41) is 54.0. The molecule has 0 saturated carbocycles. The van der Waals surface area contributed by atoms with Crippen molar-refractivity contribution in [2.75, 3.05) is 13.2 Å². The van der Waals surface area contributed by atoms with Crippen molar-refractivity contribution < 1.29 is 39.8 Å². The predicted octanol–water partition coefficient (Wildman–Crippen LogP) is 8.28. The lowest BCUT2D eigenvalue weighted by molar-refractivity contribution is -0.302. The van der Waals surface area contributed by atoms with Gasteiger partial charge in [-0.05, 0) is 57.8 Å². The number of allylic oxidation sites excluding steroid dienone is 7. The standard InChI is InChI=1S/C44H79NO8/c1-3-5-7-9-11-13-15-17-19-21-23-25-27-29-31-33-38(47)37(36-52-44-43(51)42(50)41(49)39(35-46)53-44)45-40(48)34-32-30-28-26-24-22-20-18-16-14-12-10-8-6-4-2/h12,14,16,18,23,25,31,33,37-39,41-44,46-47,49-51H,3-11,13,15,17,19-22,24,26-30,32,34-36H2,1-2H3,(H,45,48)/b14-12-,18-16-,25-23+,33-31+. The van der Waals surface area contributed by atoms with Gasteiger partial charge in [0, 0.05) is 6.42 Å². The molecule has 1 heterocycles. The molecule has 7 unspecified atom stereocenters. The van der Waals surface area contributed by atoms with Crippen molar-refractivity contribution in [3.05, 3.63) is 48.6 Å². The van der Waals surface area contributed by atoms with Gasteiger partial charge in [-0.25, -0.2) is 0 Å². The Balaban J connectivity index is 2.45. The number of amides is 1. The summed E-state index contributed by atoms with van der Waals surface area (Å²) in [4.78, 5) is 12.9. The first-order chi connectivity index (χ1) is 25.8. The van der Waals surface area contributed by atoms with Crippen LogP contribution in [0.25, 0.3) is 0 Å². The van der Waals surface area contributed by atoms with Crippen LogP contribution in [-0.2, 0) is 14.3 Å². The van der Waals surface area contributed by atoms with Crippen LogP contribution in [-0.4, -0.2) is 87.5 Å². The summed E-state index contributed by atoms with van der Waals surface area (Å²) >= 11 is 0. The lowest BCUT2D eigenvalue weighted by Gasteiger charge is -2.40. The molecule has 1 rings (SSSR count). The molecule has 0 spiro atoms. The monoisotopic (exact) mass is 750 g/mol. The fraction of sp³-hybridized carbons (Fsp3) is 0.795. The average molecular weight is 750 g/mol. The zero-order valence-electron chi connectivity index (χ0n) is 33.5. The van der Waals surface area contributed by atoms with Gasteiger partial charge in [0.05, 0.1) is 25.4 Å². The van der Waals surface area contributed by atoms with Crippen LogP contribution in [0.15, 0.2) is 48.6 Å². The highest BCUT2D eigenvalue weighted by atomic mass is 16.7. The number of hydrogen-bond donors (Lipinski definition) is 6. The molecule has 0 bridgehead atoms. The van der Waals surface area contributed by atoms with Gasteiger partial charge in [0.2, 0.25) is 5.91 Å². The molecule has 1 aliphatic heterocycles. The third kappa shape index (κ3) is 25.8. The molecule has 7 atom stereocenters. The van der Waals surface area contributed by atoms with E-state index < -0.39 is 49.5 Å². The number of aliphatic hydroxyl groups is 5. The van der Waals surface area contributed by atoms with E-state index in [9.17, 15) is 30.3 Å². The van der Waals surface area contributed by atoms with Crippen molar-refractivity contribution in [2.45, 2.75) is 211 Å². The summed E-state index contributed by atoms with van der Waals surface area (Å²) < 4.78 is 11.2. The number of rotatable bonds is 34. The van der Waals surface area contributed by atoms with Crippen LogP contribution in [0.5, 0.6) is 0 Å². The van der Waals surface area contributed by atoms with Crippen molar-refractivity contribution >= 4 is 5.91 Å². The molecule has 1 aliphatic rings. The minimum atomic E-state index is -1.57. The summed E-state index contributed by atoms with van der Waals surface area (Å²) in [5.41, 5.74) is 0. The van der Waals surface area contributed by atoms with Crippen molar-refractivity contribution in [2.24, 2.45) is 0 Å². The number of unbranched alkanes of at least 4 members (excludes halogenated alkanes) is 19. The fourth-order valence-electron chi connectivity index (χ4n) is 6.40. The van der Waals surface area contributed by atoms with E-state index in [0.29, 0.717) is 6.42 Å². The lowest BCUT2D eigenvalue weighted by atomic mass is 9.99. The van der Waals surface area contributed by atoms with E-state index in [0.717, 1.165) is 64.2 Å². The first-order valence-electron chi connectivity index (χ1n) is 21.4. The number of hydrogen-bond acceptors (Lipinski definition) is 8.